The van der Waals surface area contributed by atoms with Crippen molar-refractivity contribution in [2.45, 2.75) is 25.7 Å². The molecular weight excluding hydrogens is 114 g/mol. The van der Waals surface area contributed by atoms with Crippen LogP contribution < -0.4 is 5.32 Å². The maximum atomic E-state index is 9.71. The van der Waals surface area contributed by atoms with Crippen molar-refractivity contribution >= 4 is 6.41 Å². The Morgan fingerprint density at radius 1 is 1.33 bits per heavy atom. The predicted octanol–water partition coefficient (Wildman–Crippen LogP) is 1.13. The van der Waals surface area contributed by atoms with Crippen LogP contribution in [0.5, 0.6) is 0 Å². The topological polar surface area (TPSA) is 29.1 Å². The molecule has 0 spiro atoms. The smallest absolute Gasteiger partial charge is 0.207 e. The first-order chi connectivity index (χ1) is 4.41. The summed E-state index contributed by atoms with van der Waals surface area (Å²) in [5, 5.41) is 2.61. The third-order valence-electron chi connectivity index (χ3n) is 1.15. The summed E-state index contributed by atoms with van der Waals surface area (Å²) in [5.74, 6) is 0. The Bertz CT molecular complexity index is 63.9. The highest BCUT2D eigenvalue weighted by Gasteiger charge is 1.84. The Morgan fingerprint density at radius 3 is 2.67 bits per heavy atom. The number of carbonyl (C=O) groups excluding carboxylic acids is 1. The number of nitrogens with one attached hydrogen (secondary N) is 1. The molecule has 0 heterocycles. The fourth-order valence-electron chi connectivity index (χ4n) is 0.640. The van der Waals surface area contributed by atoms with Crippen molar-refractivity contribution in [3.8, 4) is 0 Å². The van der Waals surface area contributed by atoms with Gasteiger partial charge >= 0.3 is 0 Å². The van der Waals surface area contributed by atoms with Gasteiger partial charge in [-0.05, 0) is 6.42 Å². The summed E-state index contributed by atoms with van der Waals surface area (Å²) in [6.07, 6.45) is 5.16. The molecule has 0 aliphatic heterocycles. The van der Waals surface area contributed by atoms with Gasteiger partial charge in [0.15, 0.2) is 0 Å². The second-order valence-corrected chi connectivity index (χ2v) is 1.99. The van der Waals surface area contributed by atoms with Gasteiger partial charge in [0.2, 0.25) is 6.41 Å². The van der Waals surface area contributed by atoms with Crippen LogP contribution >= 0.6 is 0 Å². The summed E-state index contributed by atoms with van der Waals surface area (Å²) in [6.45, 7) is 4.52. The first-order valence-corrected chi connectivity index (χ1v) is 3.38. The van der Waals surface area contributed by atoms with E-state index in [1.807, 2.05) is 0 Å². The van der Waals surface area contributed by atoms with E-state index in [0.717, 1.165) is 25.8 Å². The van der Waals surface area contributed by atoms with Gasteiger partial charge in [-0.1, -0.05) is 26.2 Å². The summed E-state index contributed by atoms with van der Waals surface area (Å²) in [6, 6.07) is 0. The van der Waals surface area contributed by atoms with Crippen molar-refractivity contribution in [1.82, 2.24) is 5.32 Å². The zero-order valence-corrected chi connectivity index (χ0v) is 5.73. The van der Waals surface area contributed by atoms with Crippen molar-refractivity contribution in [1.29, 1.82) is 0 Å². The second kappa shape index (κ2) is 7.47. The highest BCUT2D eigenvalue weighted by molar-refractivity contribution is 5.45. The quantitative estimate of drug-likeness (QED) is 0.421. The molecule has 0 atom stereocenters. The zero-order chi connectivity index (χ0) is 6.95. The Kier molecular flexibility index (Phi) is 7.03. The normalized spacial score (nSPS) is 9.00. The van der Waals surface area contributed by atoms with Crippen LogP contribution in [-0.4, -0.2) is 13.0 Å². The summed E-state index contributed by atoms with van der Waals surface area (Å²) in [5.41, 5.74) is 0. The molecule has 0 aromatic carbocycles. The van der Waals surface area contributed by atoms with Crippen LogP contribution in [0.1, 0.15) is 25.7 Å². The highest BCUT2D eigenvalue weighted by atomic mass is 16.1. The molecule has 0 saturated heterocycles. The number of hydrogen-bond donors (Lipinski definition) is 1. The molecule has 53 valence electrons. The molecule has 0 rings (SSSR count). The number of amides is 1. The van der Waals surface area contributed by atoms with E-state index in [2.05, 4.69) is 12.2 Å². The van der Waals surface area contributed by atoms with Crippen LogP contribution in [0, 0.1) is 6.92 Å². The van der Waals surface area contributed by atoms with Crippen molar-refractivity contribution in [3.05, 3.63) is 6.92 Å². The minimum atomic E-state index is 0.740. The van der Waals surface area contributed by atoms with Gasteiger partial charge in [0.05, 0.1) is 0 Å². The maximum Gasteiger partial charge on any atom is 0.207 e. The molecule has 0 fully saturated rings. The summed E-state index contributed by atoms with van der Waals surface area (Å²) in [4.78, 5) is 9.71. The number of unbranched alkanes of at least 4 members (excludes halogenated alkanes) is 3. The first-order valence-electron chi connectivity index (χ1n) is 3.38. The molecule has 0 aromatic rings. The van der Waals surface area contributed by atoms with Gasteiger partial charge in [-0.3, -0.25) is 4.79 Å². The molecule has 2 heteroatoms. The molecule has 0 aromatic heterocycles. The average molecular weight is 128 g/mol. The number of carbonyl (C=O) groups is 1. The second-order valence-electron chi connectivity index (χ2n) is 1.99. The fraction of sp³-hybridized carbons (Fsp3) is 0.714. The van der Waals surface area contributed by atoms with E-state index in [1.54, 1.807) is 0 Å². The lowest BCUT2D eigenvalue weighted by Crippen LogP contribution is -2.11. The van der Waals surface area contributed by atoms with Gasteiger partial charge in [0, 0.05) is 6.54 Å². The largest absolute Gasteiger partial charge is 0.359 e. The molecule has 2 nitrogen and oxygen atoms in total. The van der Waals surface area contributed by atoms with Gasteiger partial charge in [0.1, 0.15) is 0 Å². The lowest BCUT2D eigenvalue weighted by atomic mass is 10.2. The van der Waals surface area contributed by atoms with Crippen molar-refractivity contribution in [2.75, 3.05) is 6.54 Å². The minimum Gasteiger partial charge on any atom is -0.359 e. The Morgan fingerprint density at radius 2 is 2.11 bits per heavy atom. The van der Waals surface area contributed by atoms with Gasteiger partial charge in [-0.15, -0.1) is 0 Å². The molecule has 0 aliphatic carbocycles. The van der Waals surface area contributed by atoms with Crippen molar-refractivity contribution in [2.24, 2.45) is 0 Å². The van der Waals surface area contributed by atoms with Crippen LogP contribution in [0.3, 0.4) is 0 Å². The zero-order valence-electron chi connectivity index (χ0n) is 5.73. The lowest BCUT2D eigenvalue weighted by molar-refractivity contribution is -0.109. The van der Waals surface area contributed by atoms with Gasteiger partial charge in [-0.2, -0.15) is 0 Å². The Balaban J connectivity index is 2.66. The molecule has 0 aliphatic rings. The summed E-state index contributed by atoms with van der Waals surface area (Å²) in [7, 11) is 0. The van der Waals surface area contributed by atoms with Crippen LogP contribution in [0.2, 0.25) is 0 Å². The molecule has 9 heavy (non-hydrogen) atoms. The molecule has 1 radical (unpaired) electrons. The third-order valence-corrected chi connectivity index (χ3v) is 1.15. The van der Waals surface area contributed by atoms with E-state index >= 15 is 0 Å². The Hall–Kier alpha value is -0.530. The molecule has 0 bridgehead atoms. The highest BCUT2D eigenvalue weighted by Crippen LogP contribution is 1.95. The maximum absolute atomic E-state index is 9.71. The van der Waals surface area contributed by atoms with Crippen LogP contribution in [-0.2, 0) is 4.79 Å². The van der Waals surface area contributed by atoms with E-state index < -0.39 is 0 Å². The lowest BCUT2D eigenvalue weighted by Gasteiger charge is -1.95. The van der Waals surface area contributed by atoms with E-state index in [-0.39, 0.29) is 0 Å². The number of hydrogen-bond acceptors (Lipinski definition) is 1. The first kappa shape index (κ1) is 8.47. The summed E-state index contributed by atoms with van der Waals surface area (Å²) < 4.78 is 0. The SMILES string of the molecule is [CH2]CCCCCNC=O. The molecule has 1 amide bonds. The standard InChI is InChI=1S/C7H14NO/c1-2-3-4-5-6-8-7-9/h7H,1-6H2,(H,8,9). The predicted molar refractivity (Wildman–Crippen MR) is 37.9 cm³/mol. The van der Waals surface area contributed by atoms with Gasteiger partial charge in [0.25, 0.3) is 0 Å². The van der Waals surface area contributed by atoms with Crippen LogP contribution in [0.15, 0.2) is 0 Å². The van der Waals surface area contributed by atoms with Crippen molar-refractivity contribution < 1.29 is 4.79 Å². The Labute approximate surface area is 56.6 Å². The fourth-order valence-corrected chi connectivity index (χ4v) is 0.640. The molecule has 1 N–H and O–H groups in total. The average Bonchev–Trinajstić information content (AvgIpc) is 1.89. The molecule has 0 saturated carbocycles. The monoisotopic (exact) mass is 128 g/mol. The van der Waals surface area contributed by atoms with Crippen LogP contribution in [0.4, 0.5) is 0 Å². The third kappa shape index (κ3) is 7.47. The van der Waals surface area contributed by atoms with Crippen LogP contribution in [0.25, 0.3) is 0 Å². The van der Waals surface area contributed by atoms with E-state index in [0.29, 0.717) is 0 Å². The molecular formula is C7H14NO. The van der Waals surface area contributed by atoms with E-state index in [9.17, 15) is 4.79 Å². The summed E-state index contributed by atoms with van der Waals surface area (Å²) >= 11 is 0. The van der Waals surface area contributed by atoms with E-state index in [1.165, 1.54) is 12.8 Å². The van der Waals surface area contributed by atoms with E-state index in [4.69, 9.17) is 0 Å². The van der Waals surface area contributed by atoms with Gasteiger partial charge < -0.3 is 5.32 Å². The van der Waals surface area contributed by atoms with Gasteiger partial charge in [-0.25, -0.2) is 0 Å². The van der Waals surface area contributed by atoms with Crippen molar-refractivity contribution in [3.63, 3.8) is 0 Å². The molecule has 0 unspecified atom stereocenters. The number of rotatable bonds is 6. The minimum absolute atomic E-state index is 0.740.